The average molecular weight is 2120 g/mol. The molecule has 0 spiro atoms. The maximum absolute atomic E-state index is 12.8. The smallest absolute Gasteiger partial charge is 0.476 e. The number of hydrogen-bond acceptors (Lipinski definition) is 25. The molecule has 142 heavy (non-hydrogen) atoms. The summed E-state index contributed by atoms with van der Waals surface area (Å²) in [7, 11) is 11.8. The van der Waals surface area contributed by atoms with Crippen molar-refractivity contribution >= 4 is 227 Å². The molecule has 754 valence electrons. The molecule has 13 heterocycles. The molecule has 29 nitrogen and oxygen atoms in total. The Labute approximate surface area is 893 Å². The highest BCUT2D eigenvalue weighted by Crippen LogP contribution is 2.39. The lowest BCUT2D eigenvalue weighted by Gasteiger charge is -2.32. The van der Waals surface area contributed by atoms with Crippen LogP contribution in [0.3, 0.4) is 0 Å². The predicted octanol–water partition coefficient (Wildman–Crippen LogP) is 17.4. The van der Waals surface area contributed by atoms with Crippen LogP contribution in [0.2, 0.25) is 15.5 Å². The number of likely N-dealkylation sites (tertiary alicyclic amines) is 3. The van der Waals surface area contributed by atoms with E-state index in [2.05, 4.69) is 165 Å². The first kappa shape index (κ1) is 118. The van der Waals surface area contributed by atoms with Crippen LogP contribution < -0.4 is 39.7 Å². The molecule has 0 aliphatic carbocycles. The van der Waals surface area contributed by atoms with Gasteiger partial charge in [0.2, 0.25) is 41.3 Å². The first-order chi connectivity index (χ1) is 64.9. The third-order valence-corrected chi connectivity index (χ3v) is 25.2. The molecular weight excluding hydrogens is 1990 g/mol. The van der Waals surface area contributed by atoms with Crippen molar-refractivity contribution in [3.63, 3.8) is 0 Å². The van der Waals surface area contributed by atoms with E-state index in [-0.39, 0.29) is 190 Å². The van der Waals surface area contributed by atoms with E-state index < -0.39 is 0 Å². The van der Waals surface area contributed by atoms with E-state index in [0.29, 0.717) is 133 Å². The first-order valence-corrected chi connectivity index (χ1v) is 46.0. The van der Waals surface area contributed by atoms with Crippen LogP contribution in [-0.4, -0.2) is 216 Å². The van der Waals surface area contributed by atoms with Crippen molar-refractivity contribution in [1.29, 1.82) is 0 Å². The van der Waals surface area contributed by atoms with Gasteiger partial charge in [-0.2, -0.15) is 99.5 Å². The number of anilines is 3. The molecular formula is C102H125BCl3N19O10S7. The number of carbonyl (C=O) groups excluding carboxylic acids is 4. The van der Waals surface area contributed by atoms with Crippen LogP contribution in [0.25, 0.3) is 66.6 Å². The van der Waals surface area contributed by atoms with E-state index in [0.717, 1.165) is 67.1 Å². The molecule has 19 rings (SSSR count). The number of pyridine rings is 4. The summed E-state index contributed by atoms with van der Waals surface area (Å²) < 4.78 is 30.1. The molecule has 40 heteroatoms. The average Bonchev–Trinajstić information content (AvgIpc) is 1.67. The quantitative estimate of drug-likeness (QED) is 0.0470. The van der Waals surface area contributed by atoms with Crippen LogP contribution >= 0.6 is 129 Å². The molecule has 5 aliphatic heterocycles. The second kappa shape index (κ2) is 54.8. The summed E-state index contributed by atoms with van der Waals surface area (Å²) >= 11 is 17.5. The standard InChI is InChI=1S/C28H29N5O2.C20H19ClN4O2.C20H21N5O2.C14H22BNO2.C13H17NO2.C7H3Cl2N3.7H2S/c1-19(21-7-5-4-6-8-21)33-17-20(15-26(33)34)18-35-28-27-25(29-13-14-30-27)16-24(31-28)22-9-11-23(12-10-22)32(2)3;1-13(15-5-3-2-4-6-15)25-11-14(9-18(25)26)12-27-20-19-16(10-17(21)24-20)22-7-8-23-19;1-25(2)15-5-3-14(4-6-15)16-10-17-19(22-8-7-21-17)20(24-16)27-12-13-9-18(26)23-11-13;1-13(2)14(3,4)18-15(17-13)11-7-9-12(10-8-11)16(5)6;1-10(12-5-3-2-4-6-12)14-8-11(9-15)7-13(14)16;8-5-3-4-6(7(9)12-5)11-2-1-10-4;;;;;;;/h4-14,16,19-20H,15,17-18H2,1-3H3;2-8,10,13-14H,9,11-12H2,1H3;3-8,10,13H,9,11-12H2,1-2H3,(H,23,26);7-10H,1-6H3;2-6,10-11,15H,7-9H2,1H3;1-3H;7*1H2/t19-,20-;13-,14-;13-;;10-,11?;;;;;;;;/m000.0......../s1. The Morgan fingerprint density at radius 1 is 0.401 bits per heavy atom. The number of nitrogens with zero attached hydrogens (tertiary/aromatic N) is 18. The summed E-state index contributed by atoms with van der Waals surface area (Å²) in [6.07, 6.45) is 14.8. The van der Waals surface area contributed by atoms with E-state index in [1.54, 1.807) is 61.7 Å². The van der Waals surface area contributed by atoms with Crippen molar-refractivity contribution in [1.82, 2.24) is 79.8 Å². The monoisotopic (exact) mass is 2120 g/mol. The van der Waals surface area contributed by atoms with Gasteiger partial charge in [0, 0.05) is 214 Å². The minimum atomic E-state index is -0.280. The van der Waals surface area contributed by atoms with Gasteiger partial charge in [0.15, 0.2) is 21.7 Å². The molecule has 0 radical (unpaired) electrons. The summed E-state index contributed by atoms with van der Waals surface area (Å²) in [6, 6.07) is 62.1. The zero-order valence-corrected chi connectivity index (χ0v) is 90.7. The number of nitrogens with one attached hydrogen (secondary N) is 1. The number of fused-ring (bicyclic) bond motifs is 4. The van der Waals surface area contributed by atoms with Crippen molar-refractivity contribution in [2.45, 2.75) is 103 Å². The molecule has 0 saturated carbocycles. The van der Waals surface area contributed by atoms with Gasteiger partial charge in [-0.3, -0.25) is 39.1 Å². The van der Waals surface area contributed by atoms with Gasteiger partial charge in [-0.1, -0.05) is 162 Å². The highest BCUT2D eigenvalue weighted by molar-refractivity contribution is 7.60. The topological polar surface area (TPSA) is 321 Å². The van der Waals surface area contributed by atoms with Crippen LogP contribution in [0.4, 0.5) is 17.1 Å². The normalized spacial score (nSPS) is 16.7. The van der Waals surface area contributed by atoms with Crippen LogP contribution in [0.1, 0.15) is 109 Å². The number of benzene rings is 6. The second-order valence-corrected chi connectivity index (χ2v) is 36.5. The number of ether oxygens (including phenoxy) is 3. The Hall–Kier alpha value is -10.8. The van der Waals surface area contributed by atoms with Gasteiger partial charge in [0.25, 0.3) is 0 Å². The Morgan fingerprint density at radius 3 is 1.06 bits per heavy atom. The molecule has 4 amide bonds. The minimum absolute atomic E-state index is 0. The van der Waals surface area contributed by atoms with Crippen LogP contribution in [0.15, 0.2) is 238 Å². The summed E-state index contributed by atoms with van der Waals surface area (Å²) in [4.78, 5) is 112. The number of hydrogen-bond donors (Lipinski definition) is 2. The maximum atomic E-state index is 12.8. The van der Waals surface area contributed by atoms with Gasteiger partial charge < -0.3 is 63.3 Å². The fourth-order valence-corrected chi connectivity index (χ4v) is 16.7. The molecule has 6 aromatic carbocycles. The number of halogens is 3. The van der Waals surface area contributed by atoms with Gasteiger partial charge >= 0.3 is 7.12 Å². The molecule has 14 aromatic rings. The number of aliphatic hydroxyl groups is 1. The molecule has 1 unspecified atom stereocenters. The summed E-state index contributed by atoms with van der Waals surface area (Å²) in [6.45, 7) is 18.4. The number of aliphatic hydroxyl groups excluding tert-OH is 1. The Kier molecular flexibility index (Phi) is 45.6. The van der Waals surface area contributed by atoms with E-state index in [9.17, 15) is 19.2 Å². The van der Waals surface area contributed by atoms with Crippen LogP contribution in [0, 0.1) is 23.7 Å². The zero-order chi connectivity index (χ0) is 95.6. The minimum Gasteiger partial charge on any atom is -0.476 e. The third-order valence-electron chi connectivity index (χ3n) is 24.6. The molecule has 7 atom stereocenters. The lowest BCUT2D eigenvalue weighted by atomic mass is 9.79. The van der Waals surface area contributed by atoms with Gasteiger partial charge in [-0.25, -0.2) is 34.9 Å². The lowest BCUT2D eigenvalue weighted by Crippen LogP contribution is -2.41. The van der Waals surface area contributed by atoms with E-state index >= 15 is 0 Å². The van der Waals surface area contributed by atoms with Crippen molar-refractivity contribution in [2.24, 2.45) is 23.7 Å². The Morgan fingerprint density at radius 2 is 0.711 bits per heavy atom. The molecule has 8 aromatic heterocycles. The molecule has 5 fully saturated rings. The van der Waals surface area contributed by atoms with Crippen LogP contribution in [0.5, 0.6) is 17.6 Å². The summed E-state index contributed by atoms with van der Waals surface area (Å²) in [5, 5.41) is 12.8. The van der Waals surface area contributed by atoms with Crippen molar-refractivity contribution in [3.8, 4) is 40.2 Å². The predicted molar refractivity (Wildman–Crippen MR) is 602 cm³/mol. The highest BCUT2D eigenvalue weighted by atomic mass is 35.5. The number of rotatable bonds is 22. The van der Waals surface area contributed by atoms with Crippen molar-refractivity contribution in [3.05, 3.63) is 270 Å². The lowest BCUT2D eigenvalue weighted by molar-refractivity contribution is -0.130. The van der Waals surface area contributed by atoms with Crippen LogP contribution in [-0.2, 0) is 28.5 Å². The molecule has 5 aliphatic rings. The largest absolute Gasteiger partial charge is 0.494 e. The highest BCUT2D eigenvalue weighted by Gasteiger charge is 2.52. The summed E-state index contributed by atoms with van der Waals surface area (Å²) in [5.74, 6) is 2.20. The third kappa shape index (κ3) is 30.4. The number of carbonyl (C=O) groups is 4. The maximum Gasteiger partial charge on any atom is 0.494 e. The van der Waals surface area contributed by atoms with E-state index in [1.165, 1.54) is 5.69 Å². The fourth-order valence-electron chi connectivity index (χ4n) is 16.1. The molecule has 2 N–H and O–H groups in total. The van der Waals surface area contributed by atoms with Gasteiger partial charge in [0.05, 0.1) is 82.6 Å². The van der Waals surface area contributed by atoms with Gasteiger partial charge in [-0.15, -0.1) is 0 Å². The number of amides is 4. The zero-order valence-electron chi connectivity index (χ0n) is 81.4. The fraction of sp³-hybridized carbons (Fsp3) is 0.333. The van der Waals surface area contributed by atoms with Crippen molar-refractivity contribution in [2.75, 3.05) is 110 Å². The number of aromatic nitrogens is 12. The van der Waals surface area contributed by atoms with Gasteiger partial charge in [0.1, 0.15) is 15.8 Å². The van der Waals surface area contributed by atoms with E-state index in [4.69, 9.17) is 68.4 Å². The van der Waals surface area contributed by atoms with Gasteiger partial charge in [-0.05, 0) is 119 Å². The molecule has 5 saturated heterocycles. The molecule has 0 bridgehead atoms. The SMILES string of the molecule is CN(C)c1ccc(-c2cc3nccnc3c(OC[C@@H]3CNC(=O)C3)n2)cc1.CN(C)c1ccc(B2OC(C)(C)C(C)(C)O2)cc1.C[C@@H](c1ccccc1)N1CC(CO)CC1=O.C[C@@H](c1ccccc1)N1C[C@@H](COc2nc(-c3ccc(N(C)C)cc3)cc3nccnc23)CC1=O.C[C@@H](c1ccccc1)N1C[C@@H](COc2nc(Cl)cc3nccnc23)CC1=O.Clc1cc2nccnc2c(Cl)n1.S.S.S.S.S.S.S. The summed E-state index contributed by atoms with van der Waals surface area (Å²) in [5.41, 5.74) is 16.0. The first-order valence-electron chi connectivity index (χ1n) is 44.8. The Balaban J connectivity index is 0.000000236. The van der Waals surface area contributed by atoms with E-state index in [1.807, 2.05) is 191 Å². The van der Waals surface area contributed by atoms with Crippen molar-refractivity contribution < 1.29 is 47.8 Å². The second-order valence-electron chi connectivity index (χ2n) is 35.4. The Bertz CT molecular complexity index is 6420.